The number of rotatable bonds is 4. The fraction of sp³-hybridized carbons (Fsp3) is 0.0476. The number of ether oxygens (including phenoxy) is 1. The molecule has 3 rings (SSSR count). The molecule has 26 heavy (non-hydrogen) atoms. The SMILES string of the molecule is N#Cc1ccc(-c2ccc(NC(=O)OCc3ccccc3)cc2)cc1O. The third kappa shape index (κ3) is 4.19. The van der Waals surface area contributed by atoms with Gasteiger partial charge in [-0.2, -0.15) is 5.26 Å². The third-order valence-electron chi connectivity index (χ3n) is 3.80. The Labute approximate surface area is 151 Å². The first-order chi connectivity index (χ1) is 12.7. The van der Waals surface area contributed by atoms with Crippen molar-refractivity contribution < 1.29 is 14.6 Å². The highest BCUT2D eigenvalue weighted by atomic mass is 16.5. The monoisotopic (exact) mass is 344 g/mol. The molecule has 0 atom stereocenters. The third-order valence-corrected chi connectivity index (χ3v) is 3.80. The predicted molar refractivity (Wildman–Crippen MR) is 98.5 cm³/mol. The molecule has 1 amide bonds. The fourth-order valence-corrected chi connectivity index (χ4v) is 2.43. The van der Waals surface area contributed by atoms with Crippen LogP contribution in [0.3, 0.4) is 0 Å². The minimum Gasteiger partial charge on any atom is -0.507 e. The molecule has 5 heteroatoms. The average Bonchev–Trinajstić information content (AvgIpc) is 2.68. The molecule has 0 fully saturated rings. The van der Waals surface area contributed by atoms with Gasteiger partial charge in [0.15, 0.2) is 0 Å². The molecule has 3 aromatic rings. The van der Waals surface area contributed by atoms with E-state index in [2.05, 4.69) is 5.32 Å². The number of hydrogen-bond acceptors (Lipinski definition) is 4. The summed E-state index contributed by atoms with van der Waals surface area (Å²) in [5.41, 5.74) is 3.38. The van der Waals surface area contributed by atoms with E-state index >= 15 is 0 Å². The van der Waals surface area contributed by atoms with Crippen molar-refractivity contribution in [3.05, 3.63) is 83.9 Å². The van der Waals surface area contributed by atoms with Crippen LogP contribution < -0.4 is 5.32 Å². The van der Waals surface area contributed by atoms with Crippen molar-refractivity contribution in [1.82, 2.24) is 0 Å². The maximum absolute atomic E-state index is 11.9. The highest BCUT2D eigenvalue weighted by Gasteiger charge is 2.06. The summed E-state index contributed by atoms with van der Waals surface area (Å²) in [4.78, 5) is 11.9. The van der Waals surface area contributed by atoms with E-state index in [1.54, 1.807) is 24.3 Å². The van der Waals surface area contributed by atoms with Gasteiger partial charge in [0.25, 0.3) is 0 Å². The Morgan fingerprint density at radius 1 is 1.00 bits per heavy atom. The number of amides is 1. The maximum Gasteiger partial charge on any atom is 0.411 e. The molecular formula is C21H16N2O3. The maximum atomic E-state index is 11.9. The molecule has 2 N–H and O–H groups in total. The Bertz CT molecular complexity index is 945. The number of nitrogens with one attached hydrogen (secondary N) is 1. The minimum atomic E-state index is -0.530. The number of carbonyl (C=O) groups is 1. The summed E-state index contributed by atoms with van der Waals surface area (Å²) < 4.78 is 5.17. The van der Waals surface area contributed by atoms with Crippen LogP contribution in [0.15, 0.2) is 72.8 Å². The number of benzene rings is 3. The largest absolute Gasteiger partial charge is 0.507 e. The number of anilines is 1. The van der Waals surface area contributed by atoms with E-state index in [9.17, 15) is 9.90 Å². The van der Waals surface area contributed by atoms with Gasteiger partial charge in [0.1, 0.15) is 18.4 Å². The van der Waals surface area contributed by atoms with Crippen molar-refractivity contribution in [3.8, 4) is 22.9 Å². The quantitative estimate of drug-likeness (QED) is 0.720. The summed E-state index contributed by atoms with van der Waals surface area (Å²) >= 11 is 0. The van der Waals surface area contributed by atoms with Crippen molar-refractivity contribution in [2.45, 2.75) is 6.61 Å². The lowest BCUT2D eigenvalue weighted by Gasteiger charge is -2.08. The fourth-order valence-electron chi connectivity index (χ4n) is 2.43. The van der Waals surface area contributed by atoms with Gasteiger partial charge in [0.05, 0.1) is 5.56 Å². The van der Waals surface area contributed by atoms with Crippen LogP contribution >= 0.6 is 0 Å². The molecule has 0 aromatic heterocycles. The molecule has 0 bridgehead atoms. The normalized spacial score (nSPS) is 9.96. The first-order valence-electron chi connectivity index (χ1n) is 7.97. The smallest absolute Gasteiger partial charge is 0.411 e. The topological polar surface area (TPSA) is 82.4 Å². The molecule has 0 heterocycles. The number of nitriles is 1. The number of aromatic hydroxyl groups is 1. The van der Waals surface area contributed by atoms with Crippen molar-refractivity contribution in [3.63, 3.8) is 0 Å². The highest BCUT2D eigenvalue weighted by molar-refractivity contribution is 5.85. The summed E-state index contributed by atoms with van der Waals surface area (Å²) in [7, 11) is 0. The second-order valence-corrected chi connectivity index (χ2v) is 5.61. The molecule has 3 aromatic carbocycles. The van der Waals surface area contributed by atoms with E-state index < -0.39 is 6.09 Å². The van der Waals surface area contributed by atoms with E-state index in [0.29, 0.717) is 5.69 Å². The van der Waals surface area contributed by atoms with Crippen LogP contribution in [0.4, 0.5) is 10.5 Å². The van der Waals surface area contributed by atoms with Crippen molar-refractivity contribution in [1.29, 1.82) is 5.26 Å². The summed E-state index contributed by atoms with van der Waals surface area (Å²) in [6, 6.07) is 23.3. The standard InChI is InChI=1S/C21H16N2O3/c22-13-18-7-6-17(12-20(18)24)16-8-10-19(11-9-16)23-21(25)26-14-15-4-2-1-3-5-15/h1-12,24H,14H2,(H,23,25). The lowest BCUT2D eigenvalue weighted by atomic mass is 10.0. The van der Waals surface area contributed by atoms with Gasteiger partial charge in [-0.1, -0.05) is 48.5 Å². The second kappa shape index (κ2) is 7.86. The number of phenolic OH excluding ortho intramolecular Hbond substituents is 1. The van der Waals surface area contributed by atoms with Crippen molar-refractivity contribution >= 4 is 11.8 Å². The lowest BCUT2D eigenvalue weighted by Crippen LogP contribution is -2.13. The molecule has 0 saturated heterocycles. The van der Waals surface area contributed by atoms with Crippen molar-refractivity contribution in [2.24, 2.45) is 0 Å². The molecule has 0 aliphatic rings. The Hall–Kier alpha value is -3.78. The molecule has 0 aliphatic carbocycles. The minimum absolute atomic E-state index is 0.0586. The molecule has 0 radical (unpaired) electrons. The zero-order chi connectivity index (χ0) is 18.4. The first kappa shape index (κ1) is 17.1. The molecule has 0 spiro atoms. The van der Waals surface area contributed by atoms with Gasteiger partial charge < -0.3 is 9.84 Å². The number of hydrogen-bond donors (Lipinski definition) is 2. The number of phenols is 1. The van der Waals surface area contributed by atoms with Crippen LogP contribution in [0, 0.1) is 11.3 Å². The second-order valence-electron chi connectivity index (χ2n) is 5.61. The predicted octanol–water partition coefficient (Wildman–Crippen LogP) is 4.68. The molecule has 128 valence electrons. The van der Waals surface area contributed by atoms with E-state index in [1.165, 1.54) is 6.07 Å². The lowest BCUT2D eigenvalue weighted by molar-refractivity contribution is 0.155. The van der Waals surface area contributed by atoms with Crippen LogP contribution in [0.2, 0.25) is 0 Å². The van der Waals surface area contributed by atoms with Crippen LogP contribution in [0.1, 0.15) is 11.1 Å². The van der Waals surface area contributed by atoms with Gasteiger partial charge in [-0.25, -0.2) is 4.79 Å². The highest BCUT2D eigenvalue weighted by Crippen LogP contribution is 2.27. The van der Waals surface area contributed by atoms with Gasteiger partial charge in [-0.3, -0.25) is 5.32 Å². The van der Waals surface area contributed by atoms with Crippen LogP contribution in [-0.2, 0) is 11.3 Å². The van der Waals surface area contributed by atoms with Gasteiger partial charge in [-0.15, -0.1) is 0 Å². The molecule has 0 unspecified atom stereocenters. The summed E-state index contributed by atoms with van der Waals surface area (Å²) in [5, 5.41) is 21.3. The molecule has 0 aliphatic heterocycles. The molecule has 5 nitrogen and oxygen atoms in total. The number of carbonyl (C=O) groups excluding carboxylic acids is 1. The zero-order valence-electron chi connectivity index (χ0n) is 13.8. The zero-order valence-corrected chi connectivity index (χ0v) is 13.8. The summed E-state index contributed by atoms with van der Waals surface area (Å²) in [6.45, 7) is 0.204. The average molecular weight is 344 g/mol. The van der Waals surface area contributed by atoms with Gasteiger partial charge in [-0.05, 0) is 41.0 Å². The van der Waals surface area contributed by atoms with Crippen LogP contribution in [-0.4, -0.2) is 11.2 Å². The van der Waals surface area contributed by atoms with Gasteiger partial charge in [0.2, 0.25) is 0 Å². The van der Waals surface area contributed by atoms with E-state index in [0.717, 1.165) is 16.7 Å². The Balaban J connectivity index is 1.61. The Morgan fingerprint density at radius 3 is 2.35 bits per heavy atom. The first-order valence-corrected chi connectivity index (χ1v) is 7.97. The van der Waals surface area contributed by atoms with Crippen LogP contribution in [0.25, 0.3) is 11.1 Å². The Morgan fingerprint density at radius 2 is 1.69 bits per heavy atom. The number of nitrogens with zero attached hydrogens (tertiary/aromatic N) is 1. The van der Waals surface area contributed by atoms with Crippen molar-refractivity contribution in [2.75, 3.05) is 5.32 Å². The Kier molecular flexibility index (Phi) is 5.16. The summed E-state index contributed by atoms with van der Waals surface area (Å²) in [5.74, 6) is -0.0586. The van der Waals surface area contributed by atoms with E-state index in [4.69, 9.17) is 10.00 Å². The molecule has 0 saturated carbocycles. The molecular weight excluding hydrogens is 328 g/mol. The van der Waals surface area contributed by atoms with Gasteiger partial charge >= 0.3 is 6.09 Å². The van der Waals surface area contributed by atoms with E-state index in [-0.39, 0.29) is 17.9 Å². The van der Waals surface area contributed by atoms with Gasteiger partial charge in [0, 0.05) is 5.69 Å². The van der Waals surface area contributed by atoms with E-state index in [1.807, 2.05) is 48.5 Å². The summed E-state index contributed by atoms with van der Waals surface area (Å²) in [6.07, 6.45) is -0.530. The van der Waals surface area contributed by atoms with Crippen LogP contribution in [0.5, 0.6) is 5.75 Å².